The highest BCUT2D eigenvalue weighted by atomic mass is 35.5. The van der Waals surface area contributed by atoms with Crippen LogP contribution in [0.4, 0.5) is 5.88 Å². The third kappa shape index (κ3) is 2.20. The lowest BCUT2D eigenvalue weighted by molar-refractivity contribution is 0.439. The SMILES string of the molecule is Nc1onc(-c2cccc(Cl)c2)c1-c1ccccc1. The summed E-state index contributed by atoms with van der Waals surface area (Å²) in [5.74, 6) is 0.307. The van der Waals surface area contributed by atoms with Gasteiger partial charge in [0.05, 0.1) is 5.56 Å². The van der Waals surface area contributed by atoms with Crippen LogP contribution in [0.15, 0.2) is 59.1 Å². The third-order valence-electron chi connectivity index (χ3n) is 2.88. The summed E-state index contributed by atoms with van der Waals surface area (Å²) in [7, 11) is 0. The van der Waals surface area contributed by atoms with Gasteiger partial charge < -0.3 is 10.3 Å². The Morgan fingerprint density at radius 3 is 2.42 bits per heavy atom. The predicted molar refractivity (Wildman–Crippen MR) is 76.8 cm³/mol. The van der Waals surface area contributed by atoms with Gasteiger partial charge >= 0.3 is 0 Å². The largest absolute Gasteiger partial charge is 0.367 e. The van der Waals surface area contributed by atoms with Gasteiger partial charge in [-0.15, -0.1) is 0 Å². The molecule has 0 saturated heterocycles. The van der Waals surface area contributed by atoms with Crippen LogP contribution in [-0.4, -0.2) is 5.16 Å². The van der Waals surface area contributed by atoms with E-state index in [9.17, 15) is 0 Å². The molecule has 2 N–H and O–H groups in total. The first-order chi connectivity index (χ1) is 9.25. The molecule has 4 heteroatoms. The van der Waals surface area contributed by atoms with Crippen molar-refractivity contribution < 1.29 is 4.52 Å². The summed E-state index contributed by atoms with van der Waals surface area (Å²) in [6.45, 7) is 0. The molecule has 3 nitrogen and oxygen atoms in total. The molecule has 1 aromatic heterocycles. The predicted octanol–water partition coefficient (Wildman–Crippen LogP) is 4.24. The highest BCUT2D eigenvalue weighted by Crippen LogP contribution is 2.36. The smallest absolute Gasteiger partial charge is 0.230 e. The summed E-state index contributed by atoms with van der Waals surface area (Å²) in [5, 5.41) is 4.70. The maximum atomic E-state index is 6.01. The minimum atomic E-state index is 0.307. The molecular weight excluding hydrogens is 260 g/mol. The van der Waals surface area contributed by atoms with E-state index in [1.54, 1.807) is 0 Å². The molecule has 0 fully saturated rings. The molecule has 0 spiro atoms. The van der Waals surface area contributed by atoms with Gasteiger partial charge in [0.25, 0.3) is 0 Å². The third-order valence-corrected chi connectivity index (χ3v) is 3.11. The number of halogens is 1. The van der Waals surface area contributed by atoms with E-state index in [2.05, 4.69) is 5.16 Å². The molecule has 0 saturated carbocycles. The van der Waals surface area contributed by atoms with Crippen molar-refractivity contribution in [3.8, 4) is 22.4 Å². The second kappa shape index (κ2) is 4.78. The van der Waals surface area contributed by atoms with Crippen LogP contribution in [0.5, 0.6) is 0 Å². The molecule has 0 radical (unpaired) electrons. The minimum Gasteiger partial charge on any atom is -0.367 e. The lowest BCUT2D eigenvalue weighted by Crippen LogP contribution is -1.87. The molecule has 3 aromatic rings. The first-order valence-electron chi connectivity index (χ1n) is 5.82. The molecule has 0 atom stereocenters. The molecule has 1 heterocycles. The fraction of sp³-hybridized carbons (Fsp3) is 0. The normalized spacial score (nSPS) is 10.6. The van der Waals surface area contributed by atoms with Gasteiger partial charge in [0, 0.05) is 10.6 Å². The Hall–Kier alpha value is -2.26. The number of hydrogen-bond acceptors (Lipinski definition) is 3. The van der Waals surface area contributed by atoms with Crippen molar-refractivity contribution in [1.29, 1.82) is 0 Å². The summed E-state index contributed by atoms with van der Waals surface area (Å²) >= 11 is 6.01. The molecule has 19 heavy (non-hydrogen) atoms. The summed E-state index contributed by atoms with van der Waals surface area (Å²) in [4.78, 5) is 0. The zero-order valence-electron chi connectivity index (χ0n) is 10.0. The van der Waals surface area contributed by atoms with Gasteiger partial charge in [-0.1, -0.05) is 59.2 Å². The zero-order valence-corrected chi connectivity index (χ0v) is 10.8. The molecule has 0 amide bonds. The second-order valence-corrected chi connectivity index (χ2v) is 4.58. The van der Waals surface area contributed by atoms with Gasteiger partial charge in [-0.05, 0) is 17.7 Å². The summed E-state index contributed by atoms with van der Waals surface area (Å²) in [6.07, 6.45) is 0. The first-order valence-corrected chi connectivity index (χ1v) is 6.20. The molecule has 0 bridgehead atoms. The van der Waals surface area contributed by atoms with E-state index in [0.29, 0.717) is 16.6 Å². The quantitative estimate of drug-likeness (QED) is 0.757. The van der Waals surface area contributed by atoms with Crippen molar-refractivity contribution in [2.24, 2.45) is 0 Å². The van der Waals surface area contributed by atoms with Gasteiger partial charge in [-0.3, -0.25) is 0 Å². The molecule has 3 rings (SSSR count). The fourth-order valence-corrected chi connectivity index (χ4v) is 2.21. The van der Waals surface area contributed by atoms with Crippen LogP contribution in [0.1, 0.15) is 0 Å². The molecule has 0 aliphatic carbocycles. The molecule has 94 valence electrons. The number of nitrogens with zero attached hydrogens (tertiary/aromatic N) is 1. The van der Waals surface area contributed by atoms with Crippen LogP contribution in [-0.2, 0) is 0 Å². The van der Waals surface area contributed by atoms with E-state index >= 15 is 0 Å². The summed E-state index contributed by atoms with van der Waals surface area (Å²) in [6, 6.07) is 17.2. The number of anilines is 1. The van der Waals surface area contributed by atoms with Crippen LogP contribution >= 0.6 is 11.6 Å². The standard InChI is InChI=1S/C15H11ClN2O/c16-12-8-4-7-11(9-12)14-13(15(17)19-18-14)10-5-2-1-3-6-10/h1-9H,17H2. The number of nitrogens with two attached hydrogens (primary N) is 1. The van der Waals surface area contributed by atoms with Gasteiger partial charge in [0.1, 0.15) is 5.69 Å². The van der Waals surface area contributed by atoms with E-state index < -0.39 is 0 Å². The summed E-state index contributed by atoms with van der Waals surface area (Å²) < 4.78 is 5.13. The average Bonchev–Trinajstić information content (AvgIpc) is 2.82. The molecule has 0 unspecified atom stereocenters. The van der Waals surface area contributed by atoms with E-state index in [0.717, 1.165) is 16.7 Å². The van der Waals surface area contributed by atoms with Gasteiger partial charge in [-0.25, -0.2) is 0 Å². The molecule has 0 aliphatic heterocycles. The number of aromatic nitrogens is 1. The number of benzene rings is 2. The van der Waals surface area contributed by atoms with Crippen molar-refractivity contribution in [2.75, 3.05) is 5.73 Å². The number of nitrogen functional groups attached to an aromatic ring is 1. The van der Waals surface area contributed by atoms with Gasteiger partial charge in [0.15, 0.2) is 0 Å². The Balaban J connectivity index is 2.19. The van der Waals surface area contributed by atoms with Crippen molar-refractivity contribution in [3.63, 3.8) is 0 Å². The maximum absolute atomic E-state index is 6.01. The van der Waals surface area contributed by atoms with Crippen LogP contribution in [0.3, 0.4) is 0 Å². The topological polar surface area (TPSA) is 52.0 Å². The van der Waals surface area contributed by atoms with Gasteiger partial charge in [-0.2, -0.15) is 0 Å². The Bertz CT molecular complexity index is 707. The highest BCUT2D eigenvalue weighted by molar-refractivity contribution is 6.30. The highest BCUT2D eigenvalue weighted by Gasteiger charge is 2.17. The minimum absolute atomic E-state index is 0.307. The summed E-state index contributed by atoms with van der Waals surface area (Å²) in [5.41, 5.74) is 9.23. The molecule has 2 aromatic carbocycles. The fourth-order valence-electron chi connectivity index (χ4n) is 2.02. The van der Waals surface area contributed by atoms with Crippen molar-refractivity contribution >= 4 is 17.5 Å². The van der Waals surface area contributed by atoms with Crippen molar-refractivity contribution in [1.82, 2.24) is 5.16 Å². The van der Waals surface area contributed by atoms with Gasteiger partial charge in [0.2, 0.25) is 5.88 Å². The molecule has 0 aliphatic rings. The van der Waals surface area contributed by atoms with E-state index in [-0.39, 0.29) is 0 Å². The Morgan fingerprint density at radius 1 is 0.947 bits per heavy atom. The average molecular weight is 271 g/mol. The monoisotopic (exact) mass is 270 g/mol. The number of hydrogen-bond donors (Lipinski definition) is 1. The lowest BCUT2D eigenvalue weighted by Gasteiger charge is -2.03. The molecular formula is C15H11ClN2O. The van der Waals surface area contributed by atoms with Crippen molar-refractivity contribution in [3.05, 3.63) is 59.6 Å². The zero-order chi connectivity index (χ0) is 13.2. The second-order valence-electron chi connectivity index (χ2n) is 4.15. The van der Waals surface area contributed by atoms with E-state index in [1.165, 1.54) is 0 Å². The van der Waals surface area contributed by atoms with Crippen LogP contribution in [0.25, 0.3) is 22.4 Å². The Labute approximate surface area is 115 Å². The van der Waals surface area contributed by atoms with Crippen LogP contribution < -0.4 is 5.73 Å². The Kier molecular flexibility index (Phi) is 2.97. The first kappa shape index (κ1) is 11.8. The Morgan fingerprint density at radius 2 is 1.68 bits per heavy atom. The lowest BCUT2D eigenvalue weighted by atomic mass is 10.0. The van der Waals surface area contributed by atoms with Crippen LogP contribution in [0, 0.1) is 0 Å². The van der Waals surface area contributed by atoms with E-state index in [4.69, 9.17) is 21.9 Å². The number of rotatable bonds is 2. The maximum Gasteiger partial charge on any atom is 0.230 e. The van der Waals surface area contributed by atoms with Crippen LogP contribution in [0.2, 0.25) is 5.02 Å². The van der Waals surface area contributed by atoms with Crippen molar-refractivity contribution in [2.45, 2.75) is 0 Å². The van der Waals surface area contributed by atoms with E-state index in [1.807, 2.05) is 54.6 Å².